The lowest BCUT2D eigenvalue weighted by molar-refractivity contribution is -0.440. The van der Waals surface area contributed by atoms with Crippen LogP contribution in [0.1, 0.15) is 110 Å². The fourth-order valence-electron chi connectivity index (χ4n) is 6.28. The van der Waals surface area contributed by atoms with Crippen molar-refractivity contribution in [1.82, 2.24) is 0 Å². The molecular weight excluding hydrogens is 571 g/mol. The molecule has 0 aromatic carbocycles. The van der Waals surface area contributed by atoms with E-state index < -0.39 is 54.5 Å². The van der Waals surface area contributed by atoms with Crippen LogP contribution < -0.4 is 0 Å². The van der Waals surface area contributed by atoms with Crippen LogP contribution in [0.3, 0.4) is 0 Å². The summed E-state index contributed by atoms with van der Waals surface area (Å²) in [7, 11) is 0. The average Bonchev–Trinajstić information content (AvgIpc) is 2.87. The van der Waals surface area contributed by atoms with Crippen molar-refractivity contribution in [1.29, 1.82) is 0 Å². The topological polar surface area (TPSA) is 0 Å². The van der Waals surface area contributed by atoms with E-state index in [4.69, 9.17) is 0 Å². The van der Waals surface area contributed by atoms with Gasteiger partial charge in [-0.2, -0.15) is 57.1 Å². The fraction of sp³-hybridized carbons (Fsp3) is 1.00. The maximum Gasteiger partial charge on any atom is 0.460 e. The first-order valence-electron chi connectivity index (χ1n) is 14.2. The van der Waals surface area contributed by atoms with Crippen molar-refractivity contribution < 1.29 is 57.1 Å². The second-order valence-electron chi connectivity index (χ2n) is 11.8. The highest BCUT2D eigenvalue weighted by molar-refractivity contribution is 5.10. The van der Waals surface area contributed by atoms with Crippen LogP contribution in [0.25, 0.3) is 0 Å². The molecule has 0 unspecified atom stereocenters. The minimum Gasteiger partial charge on any atom is -0.200 e. The molecule has 2 saturated carbocycles. The number of rotatable bonds is 14. The predicted molar refractivity (Wildman–Crippen MR) is 124 cm³/mol. The summed E-state index contributed by atoms with van der Waals surface area (Å²) in [6, 6.07) is 0. The van der Waals surface area contributed by atoms with Gasteiger partial charge in [-0.1, -0.05) is 71.1 Å². The van der Waals surface area contributed by atoms with Crippen molar-refractivity contribution in [2.75, 3.05) is 0 Å². The monoisotopic (exact) mass is 610 g/mol. The highest BCUT2D eigenvalue weighted by atomic mass is 19.4. The lowest BCUT2D eigenvalue weighted by Gasteiger charge is -2.40. The first kappa shape index (κ1) is 35.3. The van der Waals surface area contributed by atoms with E-state index in [2.05, 4.69) is 6.92 Å². The fourth-order valence-corrected chi connectivity index (χ4v) is 6.28. The van der Waals surface area contributed by atoms with E-state index in [1.54, 1.807) is 0 Å². The van der Waals surface area contributed by atoms with Crippen LogP contribution in [0.15, 0.2) is 0 Å². The van der Waals surface area contributed by atoms with E-state index in [0.29, 0.717) is 43.4 Å². The Morgan fingerprint density at radius 2 is 0.850 bits per heavy atom. The molecule has 2 aliphatic carbocycles. The molecule has 0 radical (unpaired) electrons. The average molecular weight is 611 g/mol. The quantitative estimate of drug-likeness (QED) is 0.136. The predicted octanol–water partition coefficient (Wildman–Crippen LogP) is 11.5. The van der Waals surface area contributed by atoms with Gasteiger partial charge in [0, 0.05) is 6.42 Å². The first-order valence-corrected chi connectivity index (χ1v) is 14.2. The molecule has 0 aliphatic heterocycles. The second-order valence-corrected chi connectivity index (χ2v) is 11.8. The minimum atomic E-state index is -7.82. The molecule has 0 atom stereocenters. The third kappa shape index (κ3) is 7.35. The molecule has 0 spiro atoms. The van der Waals surface area contributed by atoms with Gasteiger partial charge >= 0.3 is 35.8 Å². The highest BCUT2D eigenvalue weighted by Gasteiger charge is 2.90. The molecule has 0 N–H and O–H groups in total. The van der Waals surface area contributed by atoms with Crippen LogP contribution in [0.5, 0.6) is 0 Å². The van der Waals surface area contributed by atoms with Crippen LogP contribution in [0.4, 0.5) is 57.1 Å². The molecule has 13 heteroatoms. The number of unbranched alkanes of at least 4 members (excludes halogenated alkanes) is 4. The van der Waals surface area contributed by atoms with Crippen LogP contribution >= 0.6 is 0 Å². The Balaban J connectivity index is 1.87. The Bertz CT molecular complexity index is 759. The van der Waals surface area contributed by atoms with Gasteiger partial charge in [0.05, 0.1) is 0 Å². The van der Waals surface area contributed by atoms with Gasteiger partial charge in [0.1, 0.15) is 0 Å². The lowest BCUT2D eigenvalue weighted by atomic mass is 9.68. The maximum atomic E-state index is 14.1. The largest absolute Gasteiger partial charge is 0.460 e. The Kier molecular flexibility index (Phi) is 11.6. The minimum absolute atomic E-state index is 0.302. The zero-order valence-corrected chi connectivity index (χ0v) is 22.5. The van der Waals surface area contributed by atoms with Gasteiger partial charge in [0.25, 0.3) is 0 Å². The van der Waals surface area contributed by atoms with E-state index >= 15 is 0 Å². The number of alkyl halides is 13. The third-order valence-corrected chi connectivity index (χ3v) is 9.03. The molecule has 0 saturated heterocycles. The van der Waals surface area contributed by atoms with Gasteiger partial charge < -0.3 is 0 Å². The zero-order valence-electron chi connectivity index (χ0n) is 22.5. The molecule has 2 fully saturated rings. The van der Waals surface area contributed by atoms with Crippen molar-refractivity contribution >= 4 is 0 Å². The zero-order chi connectivity index (χ0) is 30.6. The lowest BCUT2D eigenvalue weighted by Crippen LogP contribution is -2.70. The Morgan fingerprint density at radius 1 is 0.450 bits per heavy atom. The van der Waals surface area contributed by atoms with E-state index in [0.717, 1.165) is 25.7 Å². The summed E-state index contributed by atoms with van der Waals surface area (Å²) < 4.78 is 173. The van der Waals surface area contributed by atoms with Crippen LogP contribution in [-0.2, 0) is 0 Å². The van der Waals surface area contributed by atoms with Gasteiger partial charge in [-0.05, 0) is 55.8 Å². The van der Waals surface area contributed by atoms with Crippen molar-refractivity contribution in [3.63, 3.8) is 0 Å². The first-order chi connectivity index (χ1) is 18.2. The summed E-state index contributed by atoms with van der Waals surface area (Å²) in [5.74, 6) is -35.5. The summed E-state index contributed by atoms with van der Waals surface area (Å²) in [5, 5.41) is 0. The number of hydrogen-bond acceptors (Lipinski definition) is 0. The van der Waals surface area contributed by atoms with Crippen LogP contribution in [-0.4, -0.2) is 35.8 Å². The van der Waals surface area contributed by atoms with Gasteiger partial charge in [0.15, 0.2) is 0 Å². The normalized spacial score (nSPS) is 26.2. The molecule has 2 aliphatic rings. The third-order valence-electron chi connectivity index (χ3n) is 9.03. The molecule has 0 aromatic rings. The molecule has 0 amide bonds. The SMILES string of the molecule is CCCCCCC[C@H]1CC[C@H]([C@H]2CC[C@H](CCC(F)(F)C(F)(F)C(F)(F)C(F)(F)C(F)(F)C(F)(F)F)CC2)CC1. The van der Waals surface area contributed by atoms with E-state index in [1.165, 1.54) is 38.5 Å². The molecule has 2 rings (SSSR count). The number of halogens is 13. The van der Waals surface area contributed by atoms with Gasteiger partial charge in [0.2, 0.25) is 0 Å². The van der Waals surface area contributed by atoms with E-state index in [-0.39, 0.29) is 0 Å². The molecule has 40 heavy (non-hydrogen) atoms. The highest BCUT2D eigenvalue weighted by Crippen LogP contribution is 2.61. The molecule has 238 valence electrons. The summed E-state index contributed by atoms with van der Waals surface area (Å²) in [5.41, 5.74) is 0. The van der Waals surface area contributed by atoms with Crippen LogP contribution in [0.2, 0.25) is 0 Å². The van der Waals surface area contributed by atoms with Gasteiger partial charge in [-0.15, -0.1) is 0 Å². The summed E-state index contributed by atoms with van der Waals surface area (Å²) in [6.07, 6.45) is 3.19. The standard InChI is InChI=1S/C27H39F13/c1-2-3-4-5-6-7-18-8-12-20(13-9-18)21-14-10-19(11-15-21)16-17-22(28,29)23(30,31)24(32,33)25(34,35)26(36,37)27(38,39)40/h18-21H,2-17H2,1H3/t18-,19-,20-,21-. The molecule has 0 bridgehead atoms. The Labute approximate surface area is 226 Å². The van der Waals surface area contributed by atoms with Crippen molar-refractivity contribution in [2.45, 2.75) is 145 Å². The molecule has 0 heterocycles. The number of hydrogen-bond donors (Lipinski definition) is 0. The van der Waals surface area contributed by atoms with Crippen molar-refractivity contribution in [2.24, 2.45) is 23.7 Å². The molecule has 0 nitrogen and oxygen atoms in total. The van der Waals surface area contributed by atoms with Crippen molar-refractivity contribution in [3.8, 4) is 0 Å². The van der Waals surface area contributed by atoms with Gasteiger partial charge in [-0.25, -0.2) is 0 Å². The molecule has 0 aromatic heterocycles. The summed E-state index contributed by atoms with van der Waals surface area (Å²) >= 11 is 0. The second kappa shape index (κ2) is 13.2. The van der Waals surface area contributed by atoms with Crippen LogP contribution in [0, 0.1) is 23.7 Å². The van der Waals surface area contributed by atoms with E-state index in [1.807, 2.05) is 0 Å². The maximum absolute atomic E-state index is 14.1. The Morgan fingerprint density at radius 3 is 1.27 bits per heavy atom. The van der Waals surface area contributed by atoms with Crippen molar-refractivity contribution in [3.05, 3.63) is 0 Å². The van der Waals surface area contributed by atoms with E-state index in [9.17, 15) is 57.1 Å². The Hall–Kier alpha value is -0.910. The summed E-state index contributed by atoms with van der Waals surface area (Å²) in [6.45, 7) is 2.16. The smallest absolute Gasteiger partial charge is 0.200 e. The molecular formula is C27H39F13. The van der Waals surface area contributed by atoms with Gasteiger partial charge in [-0.3, -0.25) is 0 Å². The summed E-state index contributed by atoms with van der Waals surface area (Å²) in [4.78, 5) is 0.